The van der Waals surface area contributed by atoms with E-state index in [2.05, 4.69) is 73.9 Å². The molecule has 0 atom stereocenters. The van der Waals surface area contributed by atoms with E-state index in [4.69, 9.17) is 4.98 Å². The molecular weight excluding hydrogens is 370 g/mol. The molecule has 3 heterocycles. The van der Waals surface area contributed by atoms with Crippen LogP contribution in [0.1, 0.15) is 24.8 Å². The Morgan fingerprint density at radius 3 is 2.10 bits per heavy atom. The monoisotopic (exact) mass is 403 g/mol. The highest BCUT2D eigenvalue weighted by Crippen LogP contribution is 2.25. The highest BCUT2D eigenvalue weighted by atomic mass is 15.4. The Kier molecular flexibility index (Phi) is 6.00. The summed E-state index contributed by atoms with van der Waals surface area (Å²) in [5, 5.41) is 0. The number of aromatic nitrogens is 2. The quantitative estimate of drug-likeness (QED) is 0.627. The molecule has 2 aliphatic rings. The summed E-state index contributed by atoms with van der Waals surface area (Å²) in [7, 11) is 0. The zero-order valence-corrected chi connectivity index (χ0v) is 17.9. The lowest BCUT2D eigenvalue weighted by molar-refractivity contribution is 0.176. The molecule has 0 saturated carbocycles. The Morgan fingerprint density at radius 1 is 0.667 bits per heavy atom. The van der Waals surface area contributed by atoms with Gasteiger partial charge in [0, 0.05) is 39.3 Å². The lowest BCUT2D eigenvalue weighted by Crippen LogP contribution is -2.49. The number of fused-ring (bicyclic) bond motifs is 1. The van der Waals surface area contributed by atoms with E-state index in [1.807, 2.05) is 0 Å². The van der Waals surface area contributed by atoms with Crippen molar-refractivity contribution in [3.63, 3.8) is 0 Å². The Balaban J connectivity index is 1.27. The average Bonchev–Trinajstić information content (AvgIpc) is 3.18. The lowest BCUT2D eigenvalue weighted by atomic mass is 10.1. The van der Waals surface area contributed by atoms with Gasteiger partial charge in [-0.2, -0.15) is 0 Å². The van der Waals surface area contributed by atoms with Crippen LogP contribution in [0.5, 0.6) is 0 Å². The van der Waals surface area contributed by atoms with Crippen molar-refractivity contribution in [1.29, 1.82) is 0 Å². The maximum Gasteiger partial charge on any atom is 0.206 e. The molecule has 2 fully saturated rings. The van der Waals surface area contributed by atoms with Crippen molar-refractivity contribution in [1.82, 2.24) is 19.4 Å². The molecule has 2 aromatic carbocycles. The predicted octanol–water partition coefficient (Wildman–Crippen LogP) is 3.69. The normalized spacial score (nSPS) is 18.9. The van der Waals surface area contributed by atoms with Crippen molar-refractivity contribution in [2.24, 2.45) is 0 Å². The molecule has 1 aromatic heterocycles. The average molecular weight is 404 g/mol. The molecule has 0 amide bonds. The first-order chi connectivity index (χ1) is 14.9. The predicted molar refractivity (Wildman–Crippen MR) is 124 cm³/mol. The minimum Gasteiger partial charge on any atom is -0.340 e. The summed E-state index contributed by atoms with van der Waals surface area (Å²) in [6, 6.07) is 19.3. The van der Waals surface area contributed by atoms with Crippen LogP contribution in [0, 0.1) is 0 Å². The first-order valence-corrected chi connectivity index (χ1v) is 11.6. The molecule has 5 rings (SSSR count). The number of hydrogen-bond donors (Lipinski definition) is 0. The number of likely N-dealkylation sites (tertiary alicyclic amines) is 1. The van der Waals surface area contributed by atoms with E-state index < -0.39 is 0 Å². The number of benzene rings is 2. The number of para-hydroxylation sites is 2. The van der Waals surface area contributed by atoms with Crippen LogP contribution in [0.25, 0.3) is 11.0 Å². The molecule has 0 unspecified atom stereocenters. The second-order valence-corrected chi connectivity index (χ2v) is 8.70. The van der Waals surface area contributed by atoms with E-state index in [0.29, 0.717) is 0 Å². The van der Waals surface area contributed by atoms with Crippen LogP contribution in [0.15, 0.2) is 54.6 Å². The first-order valence-electron chi connectivity index (χ1n) is 11.6. The van der Waals surface area contributed by atoms with Crippen molar-refractivity contribution in [3.05, 3.63) is 60.2 Å². The van der Waals surface area contributed by atoms with Gasteiger partial charge in [0.2, 0.25) is 5.95 Å². The van der Waals surface area contributed by atoms with Gasteiger partial charge in [0.25, 0.3) is 0 Å². The standard InChI is InChI=1S/C25H33N5/c1-3-9-22(10-4-1)21-30-24-12-6-5-11-23(24)26-25(30)29-19-17-28(18-20-29)16-15-27-13-7-2-8-14-27/h1,3-6,9-12H,2,7-8,13-21H2. The molecule has 0 N–H and O–H groups in total. The first kappa shape index (κ1) is 19.6. The van der Waals surface area contributed by atoms with E-state index in [0.717, 1.165) is 44.2 Å². The van der Waals surface area contributed by atoms with E-state index in [9.17, 15) is 0 Å². The molecule has 2 saturated heterocycles. The Morgan fingerprint density at radius 2 is 1.33 bits per heavy atom. The highest BCUT2D eigenvalue weighted by molar-refractivity contribution is 5.79. The lowest BCUT2D eigenvalue weighted by Gasteiger charge is -2.37. The minimum absolute atomic E-state index is 0.867. The number of anilines is 1. The summed E-state index contributed by atoms with van der Waals surface area (Å²) < 4.78 is 2.40. The SMILES string of the molecule is c1ccc(Cn2c(N3CCN(CCN4CCCCC4)CC3)nc3ccccc32)cc1. The van der Waals surface area contributed by atoms with Crippen LogP contribution in [0.4, 0.5) is 5.95 Å². The largest absolute Gasteiger partial charge is 0.340 e. The highest BCUT2D eigenvalue weighted by Gasteiger charge is 2.23. The van der Waals surface area contributed by atoms with Crippen LogP contribution in [0.2, 0.25) is 0 Å². The van der Waals surface area contributed by atoms with Gasteiger partial charge in [-0.05, 0) is 43.6 Å². The van der Waals surface area contributed by atoms with E-state index >= 15 is 0 Å². The smallest absolute Gasteiger partial charge is 0.206 e. The summed E-state index contributed by atoms with van der Waals surface area (Å²) >= 11 is 0. The van der Waals surface area contributed by atoms with Crippen molar-refractivity contribution in [3.8, 4) is 0 Å². The van der Waals surface area contributed by atoms with E-state index in [1.165, 1.54) is 56.5 Å². The van der Waals surface area contributed by atoms with Crippen LogP contribution >= 0.6 is 0 Å². The fourth-order valence-electron chi connectivity index (χ4n) is 4.86. The van der Waals surface area contributed by atoms with Crippen LogP contribution in [-0.2, 0) is 6.54 Å². The van der Waals surface area contributed by atoms with Gasteiger partial charge in [-0.3, -0.25) is 4.90 Å². The number of piperidine rings is 1. The molecule has 3 aromatic rings. The number of nitrogens with zero attached hydrogens (tertiary/aromatic N) is 5. The summed E-state index contributed by atoms with van der Waals surface area (Å²) in [5.41, 5.74) is 3.64. The topological polar surface area (TPSA) is 27.5 Å². The summed E-state index contributed by atoms with van der Waals surface area (Å²) in [6.07, 6.45) is 4.18. The van der Waals surface area contributed by atoms with Crippen molar-refractivity contribution >= 4 is 17.0 Å². The van der Waals surface area contributed by atoms with Gasteiger partial charge in [0.1, 0.15) is 0 Å². The third-order valence-electron chi connectivity index (χ3n) is 6.65. The molecule has 30 heavy (non-hydrogen) atoms. The zero-order chi connectivity index (χ0) is 20.2. The molecule has 0 spiro atoms. The molecule has 0 radical (unpaired) electrons. The van der Waals surface area contributed by atoms with Crippen LogP contribution in [-0.4, -0.2) is 71.7 Å². The molecule has 0 bridgehead atoms. The number of imidazole rings is 1. The second-order valence-electron chi connectivity index (χ2n) is 8.70. The Labute approximate surface area is 179 Å². The van der Waals surface area contributed by atoms with Gasteiger partial charge in [-0.1, -0.05) is 48.9 Å². The molecule has 5 nitrogen and oxygen atoms in total. The van der Waals surface area contributed by atoms with Crippen molar-refractivity contribution < 1.29 is 0 Å². The summed E-state index contributed by atoms with van der Waals surface area (Å²) in [4.78, 5) is 12.8. The van der Waals surface area contributed by atoms with E-state index in [-0.39, 0.29) is 0 Å². The van der Waals surface area contributed by atoms with E-state index in [1.54, 1.807) is 0 Å². The fourth-order valence-corrected chi connectivity index (χ4v) is 4.86. The Bertz CT molecular complexity index is 937. The van der Waals surface area contributed by atoms with Gasteiger partial charge in [-0.25, -0.2) is 4.98 Å². The fraction of sp³-hybridized carbons (Fsp3) is 0.480. The van der Waals surface area contributed by atoms with Crippen molar-refractivity contribution in [2.45, 2.75) is 25.8 Å². The third-order valence-corrected chi connectivity index (χ3v) is 6.65. The maximum atomic E-state index is 5.04. The minimum atomic E-state index is 0.867. The van der Waals surface area contributed by atoms with Crippen LogP contribution in [0.3, 0.4) is 0 Å². The molecule has 0 aliphatic carbocycles. The Hall–Kier alpha value is -2.37. The number of rotatable bonds is 6. The van der Waals surface area contributed by atoms with Crippen LogP contribution < -0.4 is 4.90 Å². The molecule has 2 aliphatic heterocycles. The number of hydrogen-bond acceptors (Lipinski definition) is 4. The molecule has 158 valence electrons. The van der Waals surface area contributed by atoms with Gasteiger partial charge in [0.15, 0.2) is 0 Å². The summed E-state index contributed by atoms with van der Waals surface area (Å²) in [5.74, 6) is 1.12. The summed E-state index contributed by atoms with van der Waals surface area (Å²) in [6.45, 7) is 10.3. The van der Waals surface area contributed by atoms with Gasteiger partial charge >= 0.3 is 0 Å². The van der Waals surface area contributed by atoms with Crippen molar-refractivity contribution in [2.75, 3.05) is 57.3 Å². The maximum absolute atomic E-state index is 5.04. The molecule has 5 heteroatoms. The van der Waals surface area contributed by atoms with Gasteiger partial charge in [-0.15, -0.1) is 0 Å². The number of piperazine rings is 1. The molecular formula is C25H33N5. The van der Waals surface area contributed by atoms with Gasteiger partial charge < -0.3 is 14.4 Å². The van der Waals surface area contributed by atoms with Gasteiger partial charge in [0.05, 0.1) is 17.6 Å². The third kappa shape index (κ3) is 4.37. The zero-order valence-electron chi connectivity index (χ0n) is 17.9. The second kappa shape index (κ2) is 9.19.